The number of primary amides is 1. The van der Waals surface area contributed by atoms with Crippen molar-refractivity contribution in [3.05, 3.63) is 16.5 Å². The number of carbonyl (C=O) groups is 2. The van der Waals surface area contributed by atoms with Crippen LogP contribution >= 0.6 is 11.3 Å². The van der Waals surface area contributed by atoms with E-state index in [0.717, 1.165) is 11.3 Å². The third kappa shape index (κ3) is 4.39. The second-order valence-electron chi connectivity index (χ2n) is 4.30. The molecule has 0 aromatic carbocycles. The van der Waals surface area contributed by atoms with Crippen molar-refractivity contribution in [3.8, 4) is 0 Å². The Balaban J connectivity index is 3.05. The summed E-state index contributed by atoms with van der Waals surface area (Å²) >= 11 is -1.09. The molecule has 1 aromatic heterocycles. The van der Waals surface area contributed by atoms with E-state index in [1.54, 1.807) is 0 Å². The van der Waals surface area contributed by atoms with Crippen LogP contribution < -0.4 is 11.1 Å². The number of aliphatic hydroxyl groups is 1. The molecule has 0 saturated heterocycles. The van der Waals surface area contributed by atoms with Crippen LogP contribution in [0.1, 0.15) is 29.1 Å². The summed E-state index contributed by atoms with van der Waals surface area (Å²) in [5, 5.41) is 12.0. The van der Waals surface area contributed by atoms with Gasteiger partial charge in [0.05, 0.1) is 11.3 Å². The van der Waals surface area contributed by atoms with Gasteiger partial charge in [0.15, 0.2) is 11.1 Å². The van der Waals surface area contributed by atoms with Crippen molar-refractivity contribution in [3.63, 3.8) is 0 Å². The van der Waals surface area contributed by atoms with Gasteiger partial charge in [-0.3, -0.25) is 9.59 Å². The number of rotatable bonds is 5. The van der Waals surface area contributed by atoms with Crippen molar-refractivity contribution in [1.29, 1.82) is 0 Å². The lowest BCUT2D eigenvalue weighted by molar-refractivity contribution is -0.130. The Bertz CT molecular complexity index is 533. The summed E-state index contributed by atoms with van der Waals surface area (Å²) in [5.41, 5.74) is 3.59. The van der Waals surface area contributed by atoms with Crippen LogP contribution in [-0.2, 0) is 21.6 Å². The molecule has 1 atom stereocenters. The second kappa shape index (κ2) is 5.78. The quantitative estimate of drug-likeness (QED) is 0.580. The van der Waals surface area contributed by atoms with E-state index in [2.05, 4.69) is 5.32 Å². The Morgan fingerprint density at radius 2 is 2.11 bits per heavy atom. The number of amides is 2. The molecular weight excluding hydrogens is 292 g/mol. The highest BCUT2D eigenvalue weighted by Gasteiger charge is 2.26. The number of nitrogens with two attached hydrogens (primary N) is 1. The molecule has 0 radical (unpaired) electrons. The Labute approximate surface area is 116 Å². The van der Waals surface area contributed by atoms with Crippen LogP contribution in [-0.4, -0.2) is 31.3 Å². The topological polar surface area (TPSA) is 130 Å². The van der Waals surface area contributed by atoms with Crippen LogP contribution in [0.3, 0.4) is 0 Å². The van der Waals surface area contributed by atoms with E-state index >= 15 is 0 Å². The number of nitrogens with one attached hydrogen (secondary N) is 1. The first-order valence-corrected chi connectivity index (χ1v) is 7.24. The smallest absolute Gasteiger partial charge is 0.256 e. The molecule has 9 heteroatoms. The molecule has 2 amide bonds. The zero-order valence-electron chi connectivity index (χ0n) is 10.3. The van der Waals surface area contributed by atoms with E-state index < -0.39 is 28.5 Å². The molecule has 1 rings (SSSR count). The molecule has 0 aliphatic carbocycles. The molecule has 7 nitrogen and oxygen atoms in total. The molecule has 0 aliphatic rings. The van der Waals surface area contributed by atoms with Gasteiger partial charge in [0.1, 0.15) is 10.6 Å². The number of carbonyl (C=O) groups excluding carboxylic acids is 2. The molecule has 0 bridgehead atoms. The zero-order valence-corrected chi connectivity index (χ0v) is 11.9. The largest absolute Gasteiger partial charge is 0.381 e. The summed E-state index contributed by atoms with van der Waals surface area (Å²) in [6.45, 7) is 2.59. The first-order valence-electron chi connectivity index (χ1n) is 5.15. The summed E-state index contributed by atoms with van der Waals surface area (Å²) < 4.78 is 19.5. The van der Waals surface area contributed by atoms with Gasteiger partial charge >= 0.3 is 0 Å². The monoisotopic (exact) mass is 306 g/mol. The van der Waals surface area contributed by atoms with Crippen molar-refractivity contribution < 1.29 is 23.5 Å². The minimum absolute atomic E-state index is 0.0445. The Morgan fingerprint density at radius 1 is 1.53 bits per heavy atom. The predicted molar refractivity (Wildman–Crippen MR) is 72.2 cm³/mol. The van der Waals surface area contributed by atoms with E-state index in [4.69, 9.17) is 10.3 Å². The van der Waals surface area contributed by atoms with Crippen LogP contribution in [0.2, 0.25) is 0 Å². The van der Waals surface area contributed by atoms with Crippen LogP contribution in [0.4, 0.5) is 5.00 Å². The van der Waals surface area contributed by atoms with Crippen LogP contribution in [0.25, 0.3) is 0 Å². The lowest BCUT2D eigenvalue weighted by Gasteiger charge is -2.16. The first kappa shape index (κ1) is 15.8. The van der Waals surface area contributed by atoms with Gasteiger partial charge in [-0.15, -0.1) is 11.3 Å². The van der Waals surface area contributed by atoms with Crippen molar-refractivity contribution in [2.24, 2.45) is 5.73 Å². The molecule has 0 saturated carbocycles. The molecule has 0 spiro atoms. The molecule has 0 fully saturated rings. The minimum Gasteiger partial charge on any atom is -0.381 e. The Morgan fingerprint density at radius 3 is 2.53 bits per heavy atom. The number of hydrogen-bond acceptors (Lipinski definition) is 5. The fourth-order valence-electron chi connectivity index (χ4n) is 1.17. The number of anilines is 1. The fraction of sp³-hybridized carbons (Fsp3) is 0.400. The van der Waals surface area contributed by atoms with Gasteiger partial charge in [0.25, 0.3) is 11.8 Å². The molecule has 1 aromatic rings. The summed E-state index contributed by atoms with van der Waals surface area (Å²) in [6.07, 6.45) is 0. The maximum atomic E-state index is 11.6. The summed E-state index contributed by atoms with van der Waals surface area (Å²) in [4.78, 5) is 23.3. The Hall–Kier alpha value is -1.29. The third-order valence-corrected chi connectivity index (χ3v) is 3.89. The molecular formula is C10H14N2O5S2. The maximum Gasteiger partial charge on any atom is 0.256 e. The molecule has 106 valence electrons. The van der Waals surface area contributed by atoms with E-state index in [0.29, 0.717) is 4.88 Å². The molecule has 1 unspecified atom stereocenters. The summed E-state index contributed by atoms with van der Waals surface area (Å²) in [6, 6.07) is 1.35. The van der Waals surface area contributed by atoms with Crippen molar-refractivity contribution in [2.75, 3.05) is 5.32 Å². The molecule has 0 aliphatic heterocycles. The standard InChI is InChI=1S/C10H14N2O5S2/c1-10(2,15)9(14)12-8-6(7(11)13)3-5(18-8)4-19(16)17/h3,15H,4H2,1-2H3,(H2,11,13)(H,12,14)(H,16,17). The van der Waals surface area contributed by atoms with Gasteiger partial charge < -0.3 is 20.7 Å². The molecule has 1 heterocycles. The average molecular weight is 306 g/mol. The lowest BCUT2D eigenvalue weighted by atomic mass is 10.1. The minimum atomic E-state index is -2.06. The highest BCUT2D eigenvalue weighted by molar-refractivity contribution is 7.78. The third-order valence-electron chi connectivity index (χ3n) is 2.10. The SMILES string of the molecule is CC(C)(O)C(=O)Nc1sc(CS(=O)O)cc1C(N)=O. The average Bonchev–Trinajstić information content (AvgIpc) is 2.58. The fourth-order valence-corrected chi connectivity index (χ4v) is 2.88. The number of hydrogen-bond donors (Lipinski definition) is 4. The molecule has 19 heavy (non-hydrogen) atoms. The van der Waals surface area contributed by atoms with E-state index in [-0.39, 0.29) is 16.3 Å². The van der Waals surface area contributed by atoms with Crippen molar-refractivity contribution >= 4 is 39.2 Å². The summed E-state index contributed by atoms with van der Waals surface area (Å²) in [5.74, 6) is -1.63. The van der Waals surface area contributed by atoms with Gasteiger partial charge in [-0.25, -0.2) is 4.21 Å². The number of thiophene rings is 1. The van der Waals surface area contributed by atoms with Crippen molar-refractivity contribution in [2.45, 2.75) is 25.2 Å². The highest BCUT2D eigenvalue weighted by Crippen LogP contribution is 2.29. The highest BCUT2D eigenvalue weighted by atomic mass is 32.2. The van der Waals surface area contributed by atoms with Gasteiger partial charge in [-0.1, -0.05) is 0 Å². The van der Waals surface area contributed by atoms with Gasteiger partial charge in [-0.05, 0) is 19.9 Å². The first-order chi connectivity index (χ1) is 8.61. The normalized spacial score (nSPS) is 13.1. The maximum absolute atomic E-state index is 11.6. The zero-order chi connectivity index (χ0) is 14.8. The van der Waals surface area contributed by atoms with Crippen LogP contribution in [0.5, 0.6) is 0 Å². The Kier molecular flexibility index (Phi) is 4.80. The lowest BCUT2D eigenvalue weighted by Crippen LogP contribution is -2.36. The van der Waals surface area contributed by atoms with E-state index in [1.807, 2.05) is 0 Å². The summed E-state index contributed by atoms with van der Waals surface area (Å²) in [7, 11) is 0. The van der Waals surface area contributed by atoms with Gasteiger partial charge in [0, 0.05) is 4.88 Å². The van der Waals surface area contributed by atoms with Crippen molar-refractivity contribution in [1.82, 2.24) is 0 Å². The van der Waals surface area contributed by atoms with Crippen LogP contribution in [0.15, 0.2) is 6.07 Å². The van der Waals surface area contributed by atoms with Gasteiger partial charge in [-0.2, -0.15) is 0 Å². The van der Waals surface area contributed by atoms with E-state index in [1.165, 1.54) is 19.9 Å². The van der Waals surface area contributed by atoms with Crippen LogP contribution in [0, 0.1) is 0 Å². The van der Waals surface area contributed by atoms with E-state index in [9.17, 15) is 18.9 Å². The second-order valence-corrected chi connectivity index (χ2v) is 6.37. The predicted octanol–water partition coefficient (Wildman–Crippen LogP) is 0.278. The van der Waals surface area contributed by atoms with Gasteiger partial charge in [0.2, 0.25) is 0 Å². The molecule has 5 N–H and O–H groups in total.